The van der Waals surface area contributed by atoms with Crippen LogP contribution < -0.4 is 0 Å². The van der Waals surface area contributed by atoms with Gasteiger partial charge in [-0.05, 0) is 24.3 Å². The van der Waals surface area contributed by atoms with E-state index >= 15 is 0 Å². The molecule has 1 aromatic carbocycles. The molecule has 0 aliphatic carbocycles. The molecule has 4 rings (SSSR count). The van der Waals surface area contributed by atoms with Crippen LogP contribution in [0.4, 0.5) is 0 Å². The fraction of sp³-hybridized carbons (Fsp3) is 0.0556. The van der Waals surface area contributed by atoms with E-state index in [-0.39, 0.29) is 0 Å². The first kappa shape index (κ1) is 14.7. The molecule has 4 aromatic rings. The summed E-state index contributed by atoms with van der Waals surface area (Å²) in [5.41, 5.74) is 3.67. The Labute approximate surface area is 144 Å². The Morgan fingerprint density at radius 3 is 2.38 bits per heavy atom. The molecule has 0 atom stereocenters. The van der Waals surface area contributed by atoms with Crippen LogP contribution in [-0.2, 0) is 7.05 Å². The minimum Gasteiger partial charge on any atom is -0.335 e. The topological polar surface area (TPSA) is 59.4 Å². The molecule has 3 aromatic heterocycles. The maximum absolute atomic E-state index is 6.01. The van der Waals surface area contributed by atoms with Gasteiger partial charge in [0.1, 0.15) is 17.2 Å². The van der Waals surface area contributed by atoms with Crippen molar-refractivity contribution in [3.05, 3.63) is 66.2 Å². The van der Waals surface area contributed by atoms with Crippen LogP contribution in [0.5, 0.6) is 0 Å². The molecule has 1 N–H and O–H groups in total. The van der Waals surface area contributed by atoms with Crippen LogP contribution in [0.25, 0.3) is 34.2 Å². The zero-order valence-corrected chi connectivity index (χ0v) is 13.7. The minimum atomic E-state index is 0.696. The maximum atomic E-state index is 6.01. The summed E-state index contributed by atoms with van der Waals surface area (Å²) in [6.45, 7) is 0. The number of rotatable bonds is 3. The summed E-state index contributed by atoms with van der Waals surface area (Å²) >= 11 is 6.01. The van der Waals surface area contributed by atoms with Gasteiger partial charge in [0.15, 0.2) is 5.82 Å². The molecule has 3 heterocycles. The van der Waals surface area contributed by atoms with Crippen molar-refractivity contribution < 1.29 is 0 Å². The lowest BCUT2D eigenvalue weighted by molar-refractivity contribution is 0.920. The van der Waals surface area contributed by atoms with Gasteiger partial charge in [-0.2, -0.15) is 0 Å². The molecule has 118 valence electrons. The smallest absolute Gasteiger partial charge is 0.158 e. The second-order valence-corrected chi connectivity index (χ2v) is 5.85. The number of imidazole rings is 2. The van der Waals surface area contributed by atoms with Crippen molar-refractivity contribution in [1.82, 2.24) is 24.5 Å². The summed E-state index contributed by atoms with van der Waals surface area (Å²) in [5.74, 6) is 1.60. The second kappa shape index (κ2) is 5.94. The highest BCUT2D eigenvalue weighted by Gasteiger charge is 2.18. The summed E-state index contributed by atoms with van der Waals surface area (Å²) < 4.78 is 1.96. The highest BCUT2D eigenvalue weighted by molar-refractivity contribution is 6.30. The minimum absolute atomic E-state index is 0.696. The van der Waals surface area contributed by atoms with Crippen molar-refractivity contribution in [3.63, 3.8) is 0 Å². The van der Waals surface area contributed by atoms with Crippen LogP contribution in [-0.4, -0.2) is 24.5 Å². The first-order chi connectivity index (χ1) is 11.7. The van der Waals surface area contributed by atoms with Gasteiger partial charge in [0, 0.05) is 48.0 Å². The Morgan fingerprint density at radius 1 is 0.958 bits per heavy atom. The van der Waals surface area contributed by atoms with E-state index in [0.29, 0.717) is 5.02 Å². The standard InChI is InChI=1S/C18H14ClN5/c1-24-11-10-21-18(24)16-15(12-2-4-14(19)5-3-12)22-17(23-16)13-6-8-20-9-7-13/h2-11H,1H3,(H,22,23). The third-order valence-corrected chi connectivity index (χ3v) is 4.07. The van der Waals surface area contributed by atoms with Crippen molar-refractivity contribution in [2.24, 2.45) is 7.05 Å². The molecule has 0 fully saturated rings. The third kappa shape index (κ3) is 2.59. The lowest BCUT2D eigenvalue weighted by Gasteiger charge is -2.03. The van der Waals surface area contributed by atoms with E-state index in [1.54, 1.807) is 18.6 Å². The highest BCUT2D eigenvalue weighted by atomic mass is 35.5. The Hall–Kier alpha value is -2.92. The Kier molecular flexibility index (Phi) is 3.63. The zero-order chi connectivity index (χ0) is 16.5. The van der Waals surface area contributed by atoms with Gasteiger partial charge >= 0.3 is 0 Å². The van der Waals surface area contributed by atoms with Crippen molar-refractivity contribution in [2.75, 3.05) is 0 Å². The van der Waals surface area contributed by atoms with Crippen molar-refractivity contribution in [2.45, 2.75) is 0 Å². The number of nitrogens with one attached hydrogen (secondary N) is 1. The van der Waals surface area contributed by atoms with Gasteiger partial charge in [-0.15, -0.1) is 0 Å². The quantitative estimate of drug-likeness (QED) is 0.610. The van der Waals surface area contributed by atoms with Gasteiger partial charge in [-0.1, -0.05) is 23.7 Å². The highest BCUT2D eigenvalue weighted by Crippen LogP contribution is 2.32. The van der Waals surface area contributed by atoms with Crippen LogP contribution in [0.2, 0.25) is 5.02 Å². The normalized spacial score (nSPS) is 10.9. The fourth-order valence-electron chi connectivity index (χ4n) is 2.60. The van der Waals surface area contributed by atoms with E-state index in [0.717, 1.165) is 34.2 Å². The number of pyridine rings is 1. The van der Waals surface area contributed by atoms with E-state index in [2.05, 4.69) is 15.0 Å². The molecule has 0 bridgehead atoms. The van der Waals surface area contributed by atoms with Gasteiger partial charge in [-0.3, -0.25) is 4.98 Å². The van der Waals surface area contributed by atoms with Crippen LogP contribution in [0.3, 0.4) is 0 Å². The lowest BCUT2D eigenvalue weighted by atomic mass is 10.1. The molecule has 0 amide bonds. The lowest BCUT2D eigenvalue weighted by Crippen LogP contribution is -1.93. The first-order valence-electron chi connectivity index (χ1n) is 7.46. The summed E-state index contributed by atoms with van der Waals surface area (Å²) in [6.07, 6.45) is 7.18. The molecule has 0 aliphatic heterocycles. The number of halogens is 1. The van der Waals surface area contributed by atoms with Crippen LogP contribution in [0.15, 0.2) is 61.2 Å². The van der Waals surface area contributed by atoms with E-state index in [1.165, 1.54) is 0 Å². The fourth-order valence-corrected chi connectivity index (χ4v) is 2.73. The van der Waals surface area contributed by atoms with Gasteiger partial charge in [0.2, 0.25) is 0 Å². The first-order valence-corrected chi connectivity index (χ1v) is 7.84. The molecular weight excluding hydrogens is 322 g/mol. The second-order valence-electron chi connectivity index (χ2n) is 5.41. The van der Waals surface area contributed by atoms with Crippen LogP contribution in [0.1, 0.15) is 0 Å². The number of hydrogen-bond donors (Lipinski definition) is 1. The number of aryl methyl sites for hydroxylation is 1. The summed E-state index contributed by atoms with van der Waals surface area (Å²) in [7, 11) is 1.96. The predicted octanol–water partition coefficient (Wildman–Crippen LogP) is 4.19. The van der Waals surface area contributed by atoms with Crippen molar-refractivity contribution in [3.8, 4) is 34.2 Å². The molecule has 0 saturated heterocycles. The summed E-state index contributed by atoms with van der Waals surface area (Å²) in [5, 5.41) is 0.696. The van der Waals surface area contributed by atoms with Crippen LogP contribution >= 0.6 is 11.6 Å². The van der Waals surface area contributed by atoms with E-state index < -0.39 is 0 Å². The molecule has 0 spiro atoms. The average Bonchev–Trinajstić information content (AvgIpc) is 3.22. The molecule has 0 unspecified atom stereocenters. The molecule has 24 heavy (non-hydrogen) atoms. The Balaban J connectivity index is 1.92. The van der Waals surface area contributed by atoms with Crippen LogP contribution in [0, 0.1) is 0 Å². The molecular formula is C18H14ClN5. The number of benzene rings is 1. The average molecular weight is 336 g/mol. The monoisotopic (exact) mass is 335 g/mol. The Morgan fingerprint density at radius 2 is 1.71 bits per heavy atom. The molecule has 5 nitrogen and oxygen atoms in total. The number of aromatic amines is 1. The van der Waals surface area contributed by atoms with Gasteiger partial charge in [0.25, 0.3) is 0 Å². The molecule has 6 heteroatoms. The predicted molar refractivity (Wildman–Crippen MR) is 94.5 cm³/mol. The van der Waals surface area contributed by atoms with Gasteiger partial charge < -0.3 is 9.55 Å². The van der Waals surface area contributed by atoms with E-state index in [4.69, 9.17) is 16.6 Å². The third-order valence-electron chi connectivity index (χ3n) is 3.82. The molecule has 0 radical (unpaired) electrons. The SMILES string of the molecule is Cn1ccnc1-c1[nH]c(-c2ccncc2)nc1-c1ccc(Cl)cc1. The molecule has 0 saturated carbocycles. The van der Waals surface area contributed by atoms with Gasteiger partial charge in [0.05, 0.1) is 0 Å². The Bertz CT molecular complexity index is 970. The van der Waals surface area contributed by atoms with E-state index in [9.17, 15) is 0 Å². The van der Waals surface area contributed by atoms with Crippen molar-refractivity contribution >= 4 is 11.6 Å². The number of hydrogen-bond acceptors (Lipinski definition) is 3. The van der Waals surface area contributed by atoms with E-state index in [1.807, 2.05) is 54.2 Å². The number of H-pyrrole nitrogens is 1. The number of nitrogens with zero attached hydrogens (tertiary/aromatic N) is 4. The van der Waals surface area contributed by atoms with Crippen molar-refractivity contribution in [1.29, 1.82) is 0 Å². The van der Waals surface area contributed by atoms with Gasteiger partial charge in [-0.25, -0.2) is 9.97 Å². The molecule has 0 aliphatic rings. The number of aromatic nitrogens is 5. The maximum Gasteiger partial charge on any atom is 0.158 e. The largest absolute Gasteiger partial charge is 0.335 e. The summed E-state index contributed by atoms with van der Waals surface area (Å²) in [6, 6.07) is 11.5. The summed E-state index contributed by atoms with van der Waals surface area (Å²) in [4.78, 5) is 16.7. The zero-order valence-electron chi connectivity index (χ0n) is 12.9.